The zero-order valence-corrected chi connectivity index (χ0v) is 13.8. The molecule has 0 amide bonds. The number of ketones is 1. The predicted molar refractivity (Wildman–Crippen MR) is 85.4 cm³/mol. The summed E-state index contributed by atoms with van der Waals surface area (Å²) in [6.45, 7) is 4.52. The van der Waals surface area contributed by atoms with E-state index in [0.29, 0.717) is 16.6 Å². The van der Waals surface area contributed by atoms with Crippen LogP contribution in [0.15, 0.2) is 28.7 Å². The van der Waals surface area contributed by atoms with E-state index in [1.165, 1.54) is 11.3 Å². The van der Waals surface area contributed by atoms with Crippen LogP contribution >= 0.6 is 27.3 Å². The first kappa shape index (κ1) is 15.1. The first-order valence-corrected chi connectivity index (χ1v) is 8.00. The van der Waals surface area contributed by atoms with E-state index in [9.17, 15) is 4.79 Å². The monoisotopic (exact) mass is 353 g/mol. The van der Waals surface area contributed by atoms with Gasteiger partial charge in [-0.05, 0) is 18.1 Å². The van der Waals surface area contributed by atoms with Gasteiger partial charge >= 0.3 is 0 Å². The zero-order chi connectivity index (χ0) is 14.5. The van der Waals surface area contributed by atoms with Gasteiger partial charge in [0.2, 0.25) is 5.13 Å². The lowest BCUT2D eigenvalue weighted by atomic mass is 10.1. The molecule has 0 aliphatic rings. The minimum Gasteiger partial charge on any atom is -0.353 e. The molecule has 106 valence electrons. The van der Waals surface area contributed by atoms with Crippen LogP contribution in [0, 0.1) is 5.92 Å². The third-order valence-electron chi connectivity index (χ3n) is 2.62. The van der Waals surface area contributed by atoms with Gasteiger partial charge in [0.1, 0.15) is 5.01 Å². The highest BCUT2D eigenvalue weighted by atomic mass is 79.9. The summed E-state index contributed by atoms with van der Waals surface area (Å²) >= 11 is 4.86. The first-order chi connectivity index (χ1) is 9.54. The molecule has 0 radical (unpaired) electrons. The molecule has 2 aromatic rings. The normalized spacial score (nSPS) is 10.8. The van der Waals surface area contributed by atoms with Crippen molar-refractivity contribution in [2.45, 2.75) is 20.3 Å². The van der Waals surface area contributed by atoms with Gasteiger partial charge < -0.3 is 5.32 Å². The van der Waals surface area contributed by atoms with Gasteiger partial charge in [0.25, 0.3) is 0 Å². The van der Waals surface area contributed by atoms with Crippen LogP contribution in [0.5, 0.6) is 0 Å². The maximum atomic E-state index is 12.0. The van der Waals surface area contributed by atoms with Crippen LogP contribution in [-0.2, 0) is 6.42 Å². The van der Waals surface area contributed by atoms with E-state index in [1.807, 2.05) is 12.1 Å². The molecule has 0 aliphatic heterocycles. The van der Waals surface area contributed by atoms with Gasteiger partial charge in [-0.1, -0.05) is 53.2 Å². The lowest BCUT2D eigenvalue weighted by molar-refractivity contribution is 0.101. The Kier molecular flexibility index (Phi) is 5.25. The fourth-order valence-corrected chi connectivity index (χ4v) is 2.86. The van der Waals surface area contributed by atoms with Crippen LogP contribution < -0.4 is 5.32 Å². The van der Waals surface area contributed by atoms with E-state index in [1.54, 1.807) is 12.1 Å². The van der Waals surface area contributed by atoms with Gasteiger partial charge in [-0.3, -0.25) is 4.79 Å². The second kappa shape index (κ2) is 6.95. The average molecular weight is 354 g/mol. The summed E-state index contributed by atoms with van der Waals surface area (Å²) in [4.78, 5) is 12.0. The summed E-state index contributed by atoms with van der Waals surface area (Å²) in [6, 6.07) is 7.33. The number of anilines is 1. The van der Waals surface area contributed by atoms with E-state index < -0.39 is 0 Å². The molecule has 1 heterocycles. The second-order valence-electron chi connectivity index (χ2n) is 4.88. The van der Waals surface area contributed by atoms with Crippen molar-refractivity contribution >= 4 is 38.2 Å². The van der Waals surface area contributed by atoms with Gasteiger partial charge in [0, 0.05) is 16.5 Å². The Balaban J connectivity index is 1.90. The summed E-state index contributed by atoms with van der Waals surface area (Å²) in [5, 5.41) is 12.9. The number of hydrogen-bond donors (Lipinski definition) is 1. The highest BCUT2D eigenvalue weighted by Gasteiger charge is 2.09. The SMILES string of the molecule is CC(C)Cc1nnc(NCC(=O)c2ccc(Br)cc2)s1. The van der Waals surface area contributed by atoms with Crippen molar-refractivity contribution in [3.8, 4) is 0 Å². The topological polar surface area (TPSA) is 54.9 Å². The number of aromatic nitrogens is 2. The molecule has 0 unspecified atom stereocenters. The molecule has 0 spiro atoms. The van der Waals surface area contributed by atoms with Crippen molar-refractivity contribution in [1.82, 2.24) is 10.2 Å². The molecule has 0 saturated carbocycles. The largest absolute Gasteiger partial charge is 0.353 e. The predicted octanol–water partition coefficient (Wildman–Crippen LogP) is 3.79. The molecule has 0 atom stereocenters. The van der Waals surface area contributed by atoms with Crippen molar-refractivity contribution in [2.24, 2.45) is 5.92 Å². The number of nitrogens with one attached hydrogen (secondary N) is 1. The first-order valence-electron chi connectivity index (χ1n) is 6.39. The van der Waals surface area contributed by atoms with Crippen molar-refractivity contribution in [3.05, 3.63) is 39.3 Å². The minimum absolute atomic E-state index is 0.0399. The van der Waals surface area contributed by atoms with Crippen molar-refractivity contribution in [3.63, 3.8) is 0 Å². The molecule has 0 aliphatic carbocycles. The summed E-state index contributed by atoms with van der Waals surface area (Å²) in [6.07, 6.45) is 0.917. The zero-order valence-electron chi connectivity index (χ0n) is 11.4. The molecule has 6 heteroatoms. The van der Waals surface area contributed by atoms with Gasteiger partial charge in [-0.2, -0.15) is 0 Å². The van der Waals surface area contributed by atoms with Crippen molar-refractivity contribution < 1.29 is 4.79 Å². The summed E-state index contributed by atoms with van der Waals surface area (Å²) in [7, 11) is 0. The Hall–Kier alpha value is -1.27. The highest BCUT2D eigenvalue weighted by Crippen LogP contribution is 2.18. The number of carbonyl (C=O) groups is 1. The Morgan fingerprint density at radius 1 is 1.30 bits per heavy atom. The molecule has 20 heavy (non-hydrogen) atoms. The van der Waals surface area contributed by atoms with Crippen LogP contribution in [0.2, 0.25) is 0 Å². The summed E-state index contributed by atoms with van der Waals surface area (Å²) in [5.41, 5.74) is 0.688. The molecular weight excluding hydrogens is 338 g/mol. The molecule has 1 aromatic carbocycles. The number of benzene rings is 1. The Morgan fingerprint density at radius 3 is 2.65 bits per heavy atom. The summed E-state index contributed by atoms with van der Waals surface area (Å²) in [5.74, 6) is 0.596. The Morgan fingerprint density at radius 2 is 2.00 bits per heavy atom. The molecule has 1 aromatic heterocycles. The number of Topliss-reactive ketones (excluding diaryl/α,β-unsaturated/α-hetero) is 1. The number of nitrogens with zero attached hydrogens (tertiary/aromatic N) is 2. The van der Waals surface area contributed by atoms with Crippen LogP contribution in [0.4, 0.5) is 5.13 Å². The molecule has 0 bridgehead atoms. The van der Waals surface area contributed by atoms with E-state index in [-0.39, 0.29) is 12.3 Å². The smallest absolute Gasteiger partial charge is 0.206 e. The van der Waals surface area contributed by atoms with E-state index >= 15 is 0 Å². The third-order valence-corrected chi connectivity index (χ3v) is 4.05. The van der Waals surface area contributed by atoms with Gasteiger partial charge in [0.15, 0.2) is 5.78 Å². The molecule has 0 saturated heterocycles. The fourth-order valence-electron chi connectivity index (χ4n) is 1.65. The van der Waals surface area contributed by atoms with E-state index in [0.717, 1.165) is 15.9 Å². The van der Waals surface area contributed by atoms with Crippen molar-refractivity contribution in [1.29, 1.82) is 0 Å². The average Bonchev–Trinajstić information content (AvgIpc) is 2.83. The minimum atomic E-state index is 0.0399. The molecule has 1 N–H and O–H groups in total. The molecule has 4 nitrogen and oxygen atoms in total. The van der Waals surface area contributed by atoms with Gasteiger partial charge in [0.05, 0.1) is 6.54 Å². The van der Waals surface area contributed by atoms with Crippen LogP contribution in [0.3, 0.4) is 0 Å². The van der Waals surface area contributed by atoms with E-state index in [2.05, 4.69) is 45.3 Å². The second-order valence-corrected chi connectivity index (χ2v) is 6.86. The Bertz CT molecular complexity index is 580. The maximum absolute atomic E-state index is 12.0. The van der Waals surface area contributed by atoms with Crippen LogP contribution in [0.25, 0.3) is 0 Å². The number of rotatable bonds is 6. The number of halogens is 1. The highest BCUT2D eigenvalue weighted by molar-refractivity contribution is 9.10. The van der Waals surface area contributed by atoms with Gasteiger partial charge in [-0.15, -0.1) is 10.2 Å². The van der Waals surface area contributed by atoms with Crippen LogP contribution in [0.1, 0.15) is 29.2 Å². The van der Waals surface area contributed by atoms with Crippen LogP contribution in [-0.4, -0.2) is 22.5 Å². The standard InChI is InChI=1S/C14H16BrN3OS/c1-9(2)7-13-17-18-14(20-13)16-8-12(19)10-3-5-11(15)6-4-10/h3-6,9H,7-8H2,1-2H3,(H,16,18). The van der Waals surface area contributed by atoms with Crippen molar-refractivity contribution in [2.75, 3.05) is 11.9 Å². The maximum Gasteiger partial charge on any atom is 0.206 e. The molecule has 2 rings (SSSR count). The van der Waals surface area contributed by atoms with E-state index in [4.69, 9.17) is 0 Å². The Labute approximate surface area is 130 Å². The molecule has 0 fully saturated rings. The molecular formula is C14H16BrN3OS. The summed E-state index contributed by atoms with van der Waals surface area (Å²) < 4.78 is 0.962. The fraction of sp³-hybridized carbons (Fsp3) is 0.357. The number of carbonyl (C=O) groups excluding carboxylic acids is 1. The lowest BCUT2D eigenvalue weighted by Crippen LogP contribution is -2.13. The lowest BCUT2D eigenvalue weighted by Gasteiger charge is -2.02. The third kappa shape index (κ3) is 4.38. The van der Waals surface area contributed by atoms with Gasteiger partial charge in [-0.25, -0.2) is 0 Å². The number of hydrogen-bond acceptors (Lipinski definition) is 5. The quantitative estimate of drug-likeness (QED) is 0.802.